The summed E-state index contributed by atoms with van der Waals surface area (Å²) in [7, 11) is 0. The molecule has 0 saturated heterocycles. The van der Waals surface area contributed by atoms with Crippen LogP contribution in [0, 0.1) is 0 Å². The Morgan fingerprint density at radius 1 is 1.56 bits per heavy atom. The van der Waals surface area contributed by atoms with Crippen LogP contribution >= 0.6 is 0 Å². The molecule has 0 aromatic heterocycles. The van der Waals surface area contributed by atoms with Crippen molar-refractivity contribution in [3.8, 4) is 0 Å². The summed E-state index contributed by atoms with van der Waals surface area (Å²) in [4.78, 5) is 10.3. The van der Waals surface area contributed by atoms with Gasteiger partial charge in [-0.05, 0) is 26.2 Å². The number of hydrogen-bond acceptors (Lipinski definition) is 1. The topological polar surface area (TPSA) is 37.3 Å². The summed E-state index contributed by atoms with van der Waals surface area (Å²) in [5, 5.41) is 8.46. The monoisotopic (exact) mass is 126 g/mol. The minimum Gasteiger partial charge on any atom is -0.478 e. The number of hydrogen-bond donors (Lipinski definition) is 1. The Hall–Kier alpha value is -0.790. The van der Waals surface area contributed by atoms with Crippen LogP contribution in [0.2, 0.25) is 0 Å². The molecular weight excluding hydrogens is 116 g/mol. The molecule has 0 spiro atoms. The van der Waals surface area contributed by atoms with Gasteiger partial charge in [-0.2, -0.15) is 0 Å². The SMILES string of the molecule is CC(C(=O)O)=C1CCC1. The van der Waals surface area contributed by atoms with Gasteiger partial charge in [0.05, 0.1) is 0 Å². The molecular formula is C7H10O2. The Morgan fingerprint density at radius 2 is 2.11 bits per heavy atom. The van der Waals surface area contributed by atoms with Gasteiger partial charge in [0.25, 0.3) is 0 Å². The van der Waals surface area contributed by atoms with E-state index in [1.165, 1.54) is 6.42 Å². The van der Waals surface area contributed by atoms with Crippen molar-refractivity contribution < 1.29 is 9.90 Å². The predicted octanol–water partition coefficient (Wildman–Crippen LogP) is 1.57. The highest BCUT2D eigenvalue weighted by molar-refractivity contribution is 5.87. The van der Waals surface area contributed by atoms with Crippen LogP contribution in [0.3, 0.4) is 0 Å². The molecule has 1 rings (SSSR count). The number of allylic oxidation sites excluding steroid dienone is 1. The number of carbonyl (C=O) groups is 1. The smallest absolute Gasteiger partial charge is 0.331 e. The number of carboxylic acids is 1. The first-order valence-corrected chi connectivity index (χ1v) is 3.13. The van der Waals surface area contributed by atoms with E-state index in [0.717, 1.165) is 18.4 Å². The summed E-state index contributed by atoms with van der Waals surface area (Å²) in [5.74, 6) is -0.760. The molecule has 0 aromatic carbocycles. The molecule has 0 heterocycles. The Kier molecular flexibility index (Phi) is 1.56. The fourth-order valence-electron chi connectivity index (χ4n) is 0.880. The average molecular weight is 126 g/mol. The van der Waals surface area contributed by atoms with Gasteiger partial charge in [-0.1, -0.05) is 5.57 Å². The first-order chi connectivity index (χ1) is 4.22. The summed E-state index contributed by atoms with van der Waals surface area (Å²) < 4.78 is 0. The molecule has 50 valence electrons. The highest BCUT2D eigenvalue weighted by Gasteiger charge is 2.14. The maximum absolute atomic E-state index is 10.3. The van der Waals surface area contributed by atoms with Gasteiger partial charge in [0.15, 0.2) is 0 Å². The Morgan fingerprint density at radius 3 is 2.22 bits per heavy atom. The number of aliphatic carboxylic acids is 1. The molecule has 1 aliphatic carbocycles. The van der Waals surface area contributed by atoms with E-state index in [0.29, 0.717) is 5.57 Å². The van der Waals surface area contributed by atoms with Crippen molar-refractivity contribution in [1.29, 1.82) is 0 Å². The molecule has 1 saturated carbocycles. The van der Waals surface area contributed by atoms with Crippen molar-refractivity contribution in [3.05, 3.63) is 11.1 Å². The Balaban J connectivity index is 2.67. The largest absolute Gasteiger partial charge is 0.478 e. The van der Waals surface area contributed by atoms with Crippen molar-refractivity contribution in [2.45, 2.75) is 26.2 Å². The zero-order valence-electron chi connectivity index (χ0n) is 5.48. The van der Waals surface area contributed by atoms with E-state index >= 15 is 0 Å². The van der Waals surface area contributed by atoms with Crippen LogP contribution < -0.4 is 0 Å². The summed E-state index contributed by atoms with van der Waals surface area (Å²) in [6.45, 7) is 1.68. The molecule has 1 fully saturated rings. The van der Waals surface area contributed by atoms with Crippen molar-refractivity contribution in [2.24, 2.45) is 0 Å². The molecule has 2 nitrogen and oxygen atoms in total. The molecule has 0 amide bonds. The van der Waals surface area contributed by atoms with Gasteiger partial charge >= 0.3 is 5.97 Å². The Labute approximate surface area is 54.2 Å². The highest BCUT2D eigenvalue weighted by atomic mass is 16.4. The second kappa shape index (κ2) is 2.21. The van der Waals surface area contributed by atoms with Crippen LogP contribution in [-0.4, -0.2) is 11.1 Å². The zero-order valence-corrected chi connectivity index (χ0v) is 5.48. The van der Waals surface area contributed by atoms with E-state index in [-0.39, 0.29) is 0 Å². The molecule has 0 atom stereocenters. The van der Waals surface area contributed by atoms with Crippen LogP contribution in [0.1, 0.15) is 26.2 Å². The molecule has 0 aliphatic heterocycles. The lowest BCUT2D eigenvalue weighted by Crippen LogP contribution is -2.06. The van der Waals surface area contributed by atoms with Gasteiger partial charge in [-0.15, -0.1) is 0 Å². The van der Waals surface area contributed by atoms with E-state index < -0.39 is 5.97 Å². The first kappa shape index (κ1) is 6.33. The molecule has 1 aliphatic rings. The van der Waals surface area contributed by atoms with Crippen molar-refractivity contribution in [1.82, 2.24) is 0 Å². The maximum Gasteiger partial charge on any atom is 0.331 e. The predicted molar refractivity (Wildman–Crippen MR) is 34.2 cm³/mol. The van der Waals surface area contributed by atoms with Crippen LogP contribution in [-0.2, 0) is 4.79 Å². The van der Waals surface area contributed by atoms with Crippen molar-refractivity contribution in [2.75, 3.05) is 0 Å². The van der Waals surface area contributed by atoms with Crippen LogP contribution in [0.25, 0.3) is 0 Å². The summed E-state index contributed by atoms with van der Waals surface area (Å²) in [6.07, 6.45) is 3.16. The molecule has 2 heteroatoms. The molecule has 0 aromatic rings. The highest BCUT2D eigenvalue weighted by Crippen LogP contribution is 2.28. The third-order valence-corrected chi connectivity index (χ3v) is 1.81. The van der Waals surface area contributed by atoms with Gasteiger partial charge in [-0.3, -0.25) is 0 Å². The molecule has 9 heavy (non-hydrogen) atoms. The van der Waals surface area contributed by atoms with Crippen LogP contribution in [0.15, 0.2) is 11.1 Å². The summed E-state index contributed by atoms with van der Waals surface area (Å²) in [5.41, 5.74) is 1.68. The molecule has 0 radical (unpaired) electrons. The average Bonchev–Trinajstić information content (AvgIpc) is 1.60. The lowest BCUT2D eigenvalue weighted by molar-refractivity contribution is -0.132. The molecule has 1 N–H and O–H groups in total. The van der Waals surface area contributed by atoms with Gasteiger partial charge in [-0.25, -0.2) is 4.79 Å². The fraction of sp³-hybridized carbons (Fsp3) is 0.571. The first-order valence-electron chi connectivity index (χ1n) is 3.13. The van der Waals surface area contributed by atoms with E-state index in [9.17, 15) is 4.79 Å². The molecule has 0 bridgehead atoms. The third kappa shape index (κ3) is 1.12. The molecule has 0 unspecified atom stereocenters. The van der Waals surface area contributed by atoms with Crippen LogP contribution in [0.5, 0.6) is 0 Å². The number of rotatable bonds is 1. The van der Waals surface area contributed by atoms with E-state index in [4.69, 9.17) is 5.11 Å². The van der Waals surface area contributed by atoms with Crippen molar-refractivity contribution in [3.63, 3.8) is 0 Å². The minimum absolute atomic E-state index is 0.557. The summed E-state index contributed by atoms with van der Waals surface area (Å²) >= 11 is 0. The standard InChI is InChI=1S/C7H10O2/c1-5(7(8)9)6-3-2-4-6/h2-4H2,1H3,(H,8,9). The lowest BCUT2D eigenvalue weighted by atomic mass is 9.88. The van der Waals surface area contributed by atoms with Crippen molar-refractivity contribution >= 4 is 5.97 Å². The maximum atomic E-state index is 10.3. The van der Waals surface area contributed by atoms with Gasteiger partial charge in [0.1, 0.15) is 0 Å². The lowest BCUT2D eigenvalue weighted by Gasteiger charge is -2.17. The second-order valence-corrected chi connectivity index (χ2v) is 2.39. The van der Waals surface area contributed by atoms with E-state index in [1.54, 1.807) is 6.92 Å². The van der Waals surface area contributed by atoms with Gasteiger partial charge in [0, 0.05) is 5.57 Å². The fourth-order valence-corrected chi connectivity index (χ4v) is 0.880. The zero-order chi connectivity index (χ0) is 6.85. The second-order valence-electron chi connectivity index (χ2n) is 2.39. The summed E-state index contributed by atoms with van der Waals surface area (Å²) in [6, 6.07) is 0. The van der Waals surface area contributed by atoms with E-state index in [1.807, 2.05) is 0 Å². The van der Waals surface area contributed by atoms with E-state index in [2.05, 4.69) is 0 Å². The van der Waals surface area contributed by atoms with Gasteiger partial charge < -0.3 is 5.11 Å². The number of carboxylic acid groups (broad SMARTS) is 1. The minimum atomic E-state index is -0.760. The normalized spacial score (nSPS) is 16.8. The Bertz CT molecular complexity index is 162. The van der Waals surface area contributed by atoms with Crippen LogP contribution in [0.4, 0.5) is 0 Å². The third-order valence-electron chi connectivity index (χ3n) is 1.81. The quantitative estimate of drug-likeness (QED) is 0.541. The van der Waals surface area contributed by atoms with Gasteiger partial charge in [0.2, 0.25) is 0 Å².